The van der Waals surface area contributed by atoms with Crippen molar-refractivity contribution in [1.82, 2.24) is 9.97 Å². The third kappa shape index (κ3) is 2.60. The molecule has 0 spiro atoms. The summed E-state index contributed by atoms with van der Waals surface area (Å²) in [4.78, 5) is 9.24. The molecule has 0 radical (unpaired) electrons. The summed E-state index contributed by atoms with van der Waals surface area (Å²) >= 11 is 0. The minimum absolute atomic E-state index is 0.286. The molecule has 3 heteroatoms. The van der Waals surface area contributed by atoms with Crippen molar-refractivity contribution in [2.45, 2.75) is 34.1 Å². The highest BCUT2D eigenvalue weighted by Gasteiger charge is 2.25. The van der Waals surface area contributed by atoms with Crippen LogP contribution in [0.4, 0.5) is 0 Å². The highest BCUT2D eigenvalue weighted by atomic mass is 16.3. The van der Waals surface area contributed by atoms with Crippen LogP contribution in [-0.2, 0) is 0 Å². The van der Waals surface area contributed by atoms with E-state index in [2.05, 4.69) is 55.0 Å². The first-order valence-corrected chi connectivity index (χ1v) is 8.75. The molecule has 0 saturated carbocycles. The van der Waals surface area contributed by atoms with E-state index < -0.39 is 0 Å². The van der Waals surface area contributed by atoms with Crippen molar-refractivity contribution in [3.63, 3.8) is 0 Å². The van der Waals surface area contributed by atoms with Gasteiger partial charge in [0.05, 0.1) is 5.69 Å². The van der Waals surface area contributed by atoms with Crippen LogP contribution in [0.5, 0.6) is 0 Å². The predicted octanol–water partition coefficient (Wildman–Crippen LogP) is 3.81. The van der Waals surface area contributed by atoms with E-state index in [0.29, 0.717) is 5.71 Å². The van der Waals surface area contributed by atoms with Gasteiger partial charge < -0.3 is 4.42 Å². The second kappa shape index (κ2) is 5.99. The molecule has 4 rings (SSSR count). The van der Waals surface area contributed by atoms with Crippen LogP contribution in [0.25, 0.3) is 22.7 Å². The Hall–Kier alpha value is -2.68. The summed E-state index contributed by atoms with van der Waals surface area (Å²) in [6.07, 6.45) is 7.30. The monoisotopic (exact) mass is 330 g/mol. The molecule has 0 aliphatic heterocycles. The Morgan fingerprint density at radius 1 is 1.24 bits per heavy atom. The average molecular weight is 330 g/mol. The number of nitrogens with zero attached hydrogens (tertiary/aromatic N) is 2. The van der Waals surface area contributed by atoms with Gasteiger partial charge in [-0.3, -0.25) is 4.98 Å². The molecule has 0 fully saturated rings. The van der Waals surface area contributed by atoms with Gasteiger partial charge in [-0.2, -0.15) is 0 Å². The van der Waals surface area contributed by atoms with Gasteiger partial charge in [0.2, 0.25) is 5.71 Å². The number of pyridine rings is 2. The molecule has 1 aliphatic rings. The van der Waals surface area contributed by atoms with Crippen LogP contribution in [0.2, 0.25) is 0 Å². The SMILES string of the molecule is CC=C(C)C1CC=c2c(oc3nc(C)ccc23)=C1c1cc(C)ccn1. The van der Waals surface area contributed by atoms with Crippen LogP contribution < -0.4 is 10.6 Å². The van der Waals surface area contributed by atoms with Crippen LogP contribution in [0, 0.1) is 19.8 Å². The smallest absolute Gasteiger partial charge is 0.227 e. The van der Waals surface area contributed by atoms with Crippen molar-refractivity contribution in [2.75, 3.05) is 0 Å². The maximum atomic E-state index is 6.26. The zero-order valence-corrected chi connectivity index (χ0v) is 15.1. The number of hydrogen-bond donors (Lipinski definition) is 0. The molecule has 0 amide bonds. The Morgan fingerprint density at radius 2 is 2.08 bits per heavy atom. The van der Waals surface area contributed by atoms with Gasteiger partial charge in [-0.25, -0.2) is 4.98 Å². The van der Waals surface area contributed by atoms with Crippen molar-refractivity contribution in [2.24, 2.45) is 5.92 Å². The highest BCUT2D eigenvalue weighted by Crippen LogP contribution is 2.31. The number of fused-ring (bicyclic) bond motifs is 3. The third-order valence-corrected chi connectivity index (χ3v) is 5.08. The standard InChI is InChI=1S/C22H22N2O/c1-5-14(3)16-8-9-17-18-7-6-15(4)24-22(18)25-21(17)20(16)19-12-13(2)10-11-23-19/h5-7,9-12,16H,8H2,1-4H3. The second-order valence-electron chi connectivity index (χ2n) is 6.81. The van der Waals surface area contributed by atoms with E-state index in [1.807, 2.05) is 25.3 Å². The maximum absolute atomic E-state index is 6.26. The number of allylic oxidation sites excluding steroid dienone is 2. The molecule has 3 aromatic heterocycles. The number of hydrogen-bond acceptors (Lipinski definition) is 3. The van der Waals surface area contributed by atoms with E-state index in [0.717, 1.165) is 33.8 Å². The van der Waals surface area contributed by atoms with Crippen molar-refractivity contribution >= 4 is 22.7 Å². The summed E-state index contributed by atoms with van der Waals surface area (Å²) in [6, 6.07) is 8.33. The van der Waals surface area contributed by atoms with Crippen LogP contribution in [0.3, 0.4) is 0 Å². The second-order valence-corrected chi connectivity index (χ2v) is 6.81. The molecular formula is C22H22N2O. The summed E-state index contributed by atoms with van der Waals surface area (Å²) in [6.45, 7) is 8.37. The van der Waals surface area contributed by atoms with Gasteiger partial charge >= 0.3 is 0 Å². The summed E-state index contributed by atoms with van der Waals surface area (Å²) < 4.78 is 6.26. The Balaban J connectivity index is 2.13. The summed E-state index contributed by atoms with van der Waals surface area (Å²) in [5, 5.41) is 2.24. The molecule has 0 N–H and O–H groups in total. The average Bonchev–Trinajstić information content (AvgIpc) is 2.97. The summed E-state index contributed by atoms with van der Waals surface area (Å²) in [5.41, 5.74) is 7.31. The Bertz CT molecular complexity index is 1120. The third-order valence-electron chi connectivity index (χ3n) is 5.08. The van der Waals surface area contributed by atoms with E-state index in [1.54, 1.807) is 0 Å². The minimum Gasteiger partial charge on any atom is -0.437 e. The molecule has 3 aromatic rings. The van der Waals surface area contributed by atoms with Gasteiger partial charge in [0.15, 0.2) is 0 Å². The van der Waals surface area contributed by atoms with Gasteiger partial charge in [0.25, 0.3) is 0 Å². The van der Waals surface area contributed by atoms with E-state index in [4.69, 9.17) is 4.42 Å². The zero-order chi connectivity index (χ0) is 17.6. The van der Waals surface area contributed by atoms with Gasteiger partial charge in [-0.05, 0) is 63.9 Å². The van der Waals surface area contributed by atoms with Crippen LogP contribution in [-0.4, -0.2) is 9.97 Å². The molecule has 25 heavy (non-hydrogen) atoms. The largest absolute Gasteiger partial charge is 0.437 e. The van der Waals surface area contributed by atoms with Gasteiger partial charge in [0, 0.05) is 34.0 Å². The first-order valence-electron chi connectivity index (χ1n) is 8.75. The van der Waals surface area contributed by atoms with Crippen LogP contribution in [0.15, 0.2) is 46.5 Å². The molecule has 0 saturated heterocycles. The van der Waals surface area contributed by atoms with E-state index in [9.17, 15) is 0 Å². The molecule has 1 aliphatic carbocycles. The molecule has 0 bridgehead atoms. The lowest BCUT2D eigenvalue weighted by Crippen LogP contribution is -2.31. The lowest BCUT2D eigenvalue weighted by Gasteiger charge is -2.21. The Kier molecular flexibility index (Phi) is 3.79. The lowest BCUT2D eigenvalue weighted by molar-refractivity contribution is 0.550. The van der Waals surface area contributed by atoms with E-state index >= 15 is 0 Å². The fourth-order valence-electron chi connectivity index (χ4n) is 3.60. The predicted molar refractivity (Wildman–Crippen MR) is 101 cm³/mol. The molecule has 0 aromatic carbocycles. The number of aryl methyl sites for hydroxylation is 2. The fourth-order valence-corrected chi connectivity index (χ4v) is 3.60. The Labute approximate surface area is 147 Å². The number of rotatable bonds is 2. The van der Waals surface area contributed by atoms with Crippen molar-refractivity contribution in [3.8, 4) is 0 Å². The van der Waals surface area contributed by atoms with E-state index in [1.165, 1.54) is 16.7 Å². The zero-order valence-electron chi connectivity index (χ0n) is 15.1. The summed E-state index contributed by atoms with van der Waals surface area (Å²) in [5.74, 6) is 0.286. The number of aromatic nitrogens is 2. The first kappa shape index (κ1) is 15.8. The molecule has 126 valence electrons. The van der Waals surface area contributed by atoms with Crippen LogP contribution in [0.1, 0.15) is 37.2 Å². The quantitative estimate of drug-likeness (QED) is 0.671. The van der Waals surface area contributed by atoms with Gasteiger partial charge in [-0.1, -0.05) is 17.7 Å². The topological polar surface area (TPSA) is 38.9 Å². The molecular weight excluding hydrogens is 308 g/mol. The van der Waals surface area contributed by atoms with Gasteiger partial charge in [0.1, 0.15) is 5.42 Å². The molecule has 3 nitrogen and oxygen atoms in total. The van der Waals surface area contributed by atoms with Crippen molar-refractivity contribution < 1.29 is 4.42 Å². The van der Waals surface area contributed by atoms with Crippen molar-refractivity contribution in [1.29, 1.82) is 0 Å². The normalized spacial score (nSPS) is 17.5. The minimum atomic E-state index is 0.286. The lowest BCUT2D eigenvalue weighted by atomic mass is 9.83. The van der Waals surface area contributed by atoms with Crippen LogP contribution >= 0.6 is 0 Å². The maximum Gasteiger partial charge on any atom is 0.227 e. The molecule has 3 heterocycles. The van der Waals surface area contributed by atoms with Gasteiger partial charge in [-0.15, -0.1) is 0 Å². The first-order chi connectivity index (χ1) is 12.1. The molecule has 1 unspecified atom stereocenters. The van der Waals surface area contributed by atoms with E-state index in [-0.39, 0.29) is 5.92 Å². The molecule has 1 atom stereocenters. The highest BCUT2D eigenvalue weighted by molar-refractivity contribution is 5.80. The Morgan fingerprint density at radius 3 is 2.84 bits per heavy atom. The summed E-state index contributed by atoms with van der Waals surface area (Å²) in [7, 11) is 0. The fraction of sp³-hybridized carbons (Fsp3) is 0.273. The van der Waals surface area contributed by atoms with Crippen molar-refractivity contribution in [3.05, 3.63) is 69.7 Å². The number of furan rings is 1.